The van der Waals surface area contributed by atoms with Crippen LogP contribution >= 0.6 is 0 Å². The molecule has 0 bridgehead atoms. The summed E-state index contributed by atoms with van der Waals surface area (Å²) in [6.45, 7) is 23.0. The molecule has 0 saturated carbocycles. The molecule has 46 heavy (non-hydrogen) atoms. The highest BCUT2D eigenvalue weighted by Gasteiger charge is 2.46. The number of ether oxygens (including phenoxy) is 3. The second-order valence-electron chi connectivity index (χ2n) is 13.8. The maximum absolute atomic E-state index is 13.6. The molecule has 0 radical (unpaired) electrons. The summed E-state index contributed by atoms with van der Waals surface area (Å²) in [5, 5.41) is 3.15. The first-order valence-corrected chi connectivity index (χ1v) is 19.1. The van der Waals surface area contributed by atoms with Crippen molar-refractivity contribution in [3.8, 4) is 0 Å². The predicted molar refractivity (Wildman–Crippen MR) is 187 cm³/mol. The van der Waals surface area contributed by atoms with Gasteiger partial charge in [0.1, 0.15) is 12.7 Å². The molecule has 1 amide bonds. The van der Waals surface area contributed by atoms with Crippen molar-refractivity contribution >= 4 is 20.2 Å². The number of amides is 1. The van der Waals surface area contributed by atoms with Gasteiger partial charge in [-0.2, -0.15) is 0 Å². The fourth-order valence-electron chi connectivity index (χ4n) is 5.16. The van der Waals surface area contributed by atoms with Crippen molar-refractivity contribution in [1.82, 2.24) is 5.32 Å². The molecule has 3 rings (SSSR count). The lowest BCUT2D eigenvalue weighted by Crippen LogP contribution is -2.46. The summed E-state index contributed by atoms with van der Waals surface area (Å²) in [5.41, 5.74) is 1.71. The van der Waals surface area contributed by atoms with Crippen LogP contribution in [0.15, 0.2) is 97.6 Å². The van der Waals surface area contributed by atoms with Crippen LogP contribution in [0.3, 0.4) is 0 Å². The number of benzene rings is 2. The maximum atomic E-state index is 13.6. The zero-order chi connectivity index (χ0) is 34.0. The van der Waals surface area contributed by atoms with Gasteiger partial charge < -0.3 is 24.0 Å². The largest absolute Gasteiger partial charge is 0.458 e. The molecule has 1 unspecified atom stereocenters. The van der Waals surface area contributed by atoms with Crippen molar-refractivity contribution in [2.45, 2.75) is 109 Å². The van der Waals surface area contributed by atoms with Crippen molar-refractivity contribution in [1.29, 1.82) is 0 Å². The highest BCUT2D eigenvalue weighted by atomic mass is 28.4. The van der Waals surface area contributed by atoms with Crippen LogP contribution in [0.1, 0.15) is 82.5 Å². The summed E-state index contributed by atoms with van der Waals surface area (Å²) in [5.74, 6) is -0.500. The Morgan fingerprint density at radius 3 is 2.28 bits per heavy atom. The van der Waals surface area contributed by atoms with Crippen LogP contribution in [-0.2, 0) is 23.4 Å². The third kappa shape index (κ3) is 10.4. The first-order valence-electron chi connectivity index (χ1n) is 16.2. The third-order valence-electron chi connectivity index (χ3n) is 9.09. The van der Waals surface area contributed by atoms with Gasteiger partial charge in [-0.05, 0) is 69.5 Å². The highest BCUT2D eigenvalue weighted by molar-refractivity contribution is 6.74. The van der Waals surface area contributed by atoms with E-state index >= 15 is 0 Å². The van der Waals surface area contributed by atoms with Gasteiger partial charge in [-0.15, -0.1) is 13.2 Å². The summed E-state index contributed by atoms with van der Waals surface area (Å²) in [6.07, 6.45) is 6.28. The lowest BCUT2D eigenvalue weighted by Gasteiger charge is -2.40. The van der Waals surface area contributed by atoms with E-state index in [0.29, 0.717) is 24.8 Å². The van der Waals surface area contributed by atoms with Crippen molar-refractivity contribution in [2.75, 3.05) is 6.61 Å². The van der Waals surface area contributed by atoms with E-state index in [-0.39, 0.29) is 42.2 Å². The number of hydrogen-bond acceptors (Lipinski definition) is 6. The van der Waals surface area contributed by atoms with Gasteiger partial charge in [0.05, 0.1) is 29.7 Å². The van der Waals surface area contributed by atoms with Crippen LogP contribution in [0.4, 0.5) is 0 Å². The molecule has 2 aromatic rings. The highest BCUT2D eigenvalue weighted by Crippen LogP contribution is 2.43. The summed E-state index contributed by atoms with van der Waals surface area (Å²) >= 11 is 0. The molecule has 0 aromatic heterocycles. The van der Waals surface area contributed by atoms with Gasteiger partial charge in [0.15, 0.2) is 14.6 Å². The minimum atomic E-state index is -2.21. The Morgan fingerprint density at radius 2 is 1.70 bits per heavy atom. The van der Waals surface area contributed by atoms with Gasteiger partial charge in [-0.25, -0.2) is 4.79 Å². The standard InChI is InChI=1S/C38H53NO6Si/c1-10-18-32(28(3)24-26-42-35(41)29-19-14-12-15-20-29)39-34(40)27-31(45-46(8,9)37(4,5)6)23-25-38(7)33(11-2)43-36(44-38)30-21-16-13-17-22-30/h10-17,19-22,24,31-33,36H,1-2,18,23,25-27H2,3-9H3,(H,39,40)/b28-24+/t31?,32-,33-,36-,38+/m0/s1. The molecule has 250 valence electrons. The molecule has 1 heterocycles. The van der Waals surface area contributed by atoms with Crippen LogP contribution in [0, 0.1) is 0 Å². The van der Waals surface area contributed by atoms with Crippen LogP contribution < -0.4 is 5.32 Å². The molecular weight excluding hydrogens is 595 g/mol. The molecule has 1 saturated heterocycles. The van der Waals surface area contributed by atoms with E-state index in [1.165, 1.54) is 0 Å². The average Bonchev–Trinajstić information content (AvgIpc) is 3.36. The van der Waals surface area contributed by atoms with Gasteiger partial charge in [0.2, 0.25) is 5.91 Å². The van der Waals surface area contributed by atoms with E-state index in [1.807, 2.05) is 56.3 Å². The molecule has 0 spiro atoms. The molecule has 5 atom stereocenters. The van der Waals surface area contributed by atoms with Gasteiger partial charge >= 0.3 is 5.97 Å². The zero-order valence-electron chi connectivity index (χ0n) is 28.7. The zero-order valence-corrected chi connectivity index (χ0v) is 29.7. The van der Waals surface area contributed by atoms with Crippen molar-refractivity contribution in [2.24, 2.45) is 0 Å². The lowest BCUT2D eigenvalue weighted by molar-refractivity contribution is -0.123. The molecule has 1 N–H and O–H groups in total. The molecule has 7 nitrogen and oxygen atoms in total. The average molecular weight is 648 g/mol. The fraction of sp³-hybridized carbons (Fsp3) is 0.474. The first-order chi connectivity index (χ1) is 21.7. The van der Waals surface area contributed by atoms with Crippen molar-refractivity contribution in [3.05, 3.63) is 109 Å². The van der Waals surface area contributed by atoms with Crippen LogP contribution in [-0.4, -0.2) is 50.7 Å². The van der Waals surface area contributed by atoms with E-state index in [2.05, 4.69) is 52.3 Å². The fourth-order valence-corrected chi connectivity index (χ4v) is 6.55. The Labute approximate surface area is 277 Å². The monoisotopic (exact) mass is 647 g/mol. The quantitative estimate of drug-likeness (QED) is 0.112. The Kier molecular flexibility index (Phi) is 13.3. The van der Waals surface area contributed by atoms with Gasteiger partial charge in [0, 0.05) is 5.56 Å². The second kappa shape index (κ2) is 16.5. The lowest BCUT2D eigenvalue weighted by atomic mass is 9.91. The van der Waals surface area contributed by atoms with E-state index in [0.717, 1.165) is 11.1 Å². The number of carbonyl (C=O) groups excluding carboxylic acids is 2. The molecule has 0 aliphatic carbocycles. The van der Waals surface area contributed by atoms with Crippen LogP contribution in [0.5, 0.6) is 0 Å². The molecule has 1 aliphatic rings. The molecule has 2 aromatic carbocycles. The maximum Gasteiger partial charge on any atom is 0.338 e. The van der Waals surface area contributed by atoms with E-state index in [4.69, 9.17) is 18.6 Å². The summed E-state index contributed by atoms with van der Waals surface area (Å²) in [7, 11) is -2.21. The van der Waals surface area contributed by atoms with Gasteiger partial charge in [-0.3, -0.25) is 4.79 Å². The summed E-state index contributed by atoms with van der Waals surface area (Å²) < 4.78 is 25.1. The van der Waals surface area contributed by atoms with Crippen LogP contribution in [0.2, 0.25) is 18.1 Å². The van der Waals surface area contributed by atoms with E-state index in [1.54, 1.807) is 36.4 Å². The predicted octanol–water partition coefficient (Wildman–Crippen LogP) is 8.47. The normalized spacial score (nSPS) is 21.7. The smallest absolute Gasteiger partial charge is 0.338 e. The molecule has 1 aliphatic heterocycles. The van der Waals surface area contributed by atoms with Crippen LogP contribution in [0.25, 0.3) is 0 Å². The minimum Gasteiger partial charge on any atom is -0.458 e. The molecule has 1 fully saturated rings. The number of nitrogens with one attached hydrogen (secondary N) is 1. The minimum absolute atomic E-state index is 0.0253. The van der Waals surface area contributed by atoms with Crippen molar-refractivity contribution in [3.63, 3.8) is 0 Å². The number of rotatable bonds is 16. The Balaban J connectivity index is 1.70. The second-order valence-corrected chi connectivity index (χ2v) is 18.5. The number of hydrogen-bond donors (Lipinski definition) is 1. The van der Waals surface area contributed by atoms with Gasteiger partial charge in [0.25, 0.3) is 0 Å². The Morgan fingerprint density at radius 1 is 1.07 bits per heavy atom. The van der Waals surface area contributed by atoms with Crippen molar-refractivity contribution < 1.29 is 28.2 Å². The number of esters is 1. The molecule has 8 heteroatoms. The topological polar surface area (TPSA) is 83.1 Å². The Bertz CT molecular complexity index is 1340. The number of carbonyl (C=O) groups is 2. The summed E-state index contributed by atoms with van der Waals surface area (Å²) in [4.78, 5) is 25.9. The summed E-state index contributed by atoms with van der Waals surface area (Å²) in [6, 6.07) is 18.5. The third-order valence-corrected chi connectivity index (χ3v) is 13.6. The Hall–Kier alpha value is -3.30. The van der Waals surface area contributed by atoms with Gasteiger partial charge in [-0.1, -0.05) is 87.0 Å². The van der Waals surface area contributed by atoms with E-state index in [9.17, 15) is 9.59 Å². The first kappa shape index (κ1) is 37.2. The molecular formula is C38H53NO6Si. The SMILES string of the molecule is C=CC[C@H](NC(=O)CC(CC[C@@]1(C)O[C@@H](c2ccccc2)O[C@H]1C=C)O[Si](C)(C)C(C)(C)C)/C(C)=C/COC(=O)c1ccccc1. The van der Waals surface area contributed by atoms with E-state index < -0.39 is 26.2 Å².